The monoisotopic (exact) mass is 382 g/mol. The van der Waals surface area contributed by atoms with Crippen LogP contribution in [0.1, 0.15) is 37.8 Å². The van der Waals surface area contributed by atoms with Crippen molar-refractivity contribution in [2.24, 2.45) is 5.92 Å². The SMILES string of the molecule is CCOc1ccccc1CNCC1CCN(Cc2ccccc2OCC)CC1. The molecule has 0 aromatic heterocycles. The summed E-state index contributed by atoms with van der Waals surface area (Å²) in [6, 6.07) is 16.7. The van der Waals surface area contributed by atoms with Crippen LogP contribution in [0.4, 0.5) is 0 Å². The van der Waals surface area contributed by atoms with Crippen LogP contribution in [0, 0.1) is 5.92 Å². The molecule has 4 nitrogen and oxygen atoms in total. The van der Waals surface area contributed by atoms with Gasteiger partial charge in [-0.05, 0) is 64.4 Å². The number of hydrogen-bond donors (Lipinski definition) is 1. The first-order valence-corrected chi connectivity index (χ1v) is 10.6. The first kappa shape index (κ1) is 20.7. The minimum atomic E-state index is 0.710. The molecule has 0 radical (unpaired) electrons. The quantitative estimate of drug-likeness (QED) is 0.657. The van der Waals surface area contributed by atoms with E-state index >= 15 is 0 Å². The molecular weight excluding hydrogens is 348 g/mol. The zero-order chi connectivity index (χ0) is 19.6. The lowest BCUT2D eigenvalue weighted by Gasteiger charge is -2.32. The Morgan fingerprint density at radius 2 is 1.43 bits per heavy atom. The van der Waals surface area contributed by atoms with Gasteiger partial charge in [-0.3, -0.25) is 4.90 Å². The Morgan fingerprint density at radius 3 is 2.07 bits per heavy atom. The molecule has 0 atom stereocenters. The van der Waals surface area contributed by atoms with E-state index in [0.29, 0.717) is 6.61 Å². The fraction of sp³-hybridized carbons (Fsp3) is 0.500. The van der Waals surface area contributed by atoms with E-state index in [4.69, 9.17) is 9.47 Å². The predicted molar refractivity (Wildman–Crippen MR) is 115 cm³/mol. The number of ether oxygens (including phenoxy) is 2. The van der Waals surface area contributed by atoms with Gasteiger partial charge in [0, 0.05) is 24.2 Å². The second-order valence-electron chi connectivity index (χ2n) is 7.43. The van der Waals surface area contributed by atoms with Crippen LogP contribution in [0.3, 0.4) is 0 Å². The van der Waals surface area contributed by atoms with Crippen molar-refractivity contribution in [2.45, 2.75) is 39.8 Å². The first-order valence-electron chi connectivity index (χ1n) is 10.6. The number of likely N-dealkylation sites (tertiary alicyclic amines) is 1. The third-order valence-electron chi connectivity index (χ3n) is 5.39. The van der Waals surface area contributed by atoms with Crippen molar-refractivity contribution >= 4 is 0 Å². The van der Waals surface area contributed by atoms with Crippen molar-refractivity contribution in [1.82, 2.24) is 10.2 Å². The molecule has 0 aliphatic carbocycles. The molecule has 1 saturated heterocycles. The summed E-state index contributed by atoms with van der Waals surface area (Å²) in [5, 5.41) is 3.64. The molecule has 0 spiro atoms. The molecule has 1 aliphatic heterocycles. The third kappa shape index (κ3) is 5.98. The number of para-hydroxylation sites is 2. The van der Waals surface area contributed by atoms with E-state index in [1.807, 2.05) is 19.9 Å². The second-order valence-corrected chi connectivity index (χ2v) is 7.43. The van der Waals surface area contributed by atoms with Gasteiger partial charge in [-0.2, -0.15) is 0 Å². The van der Waals surface area contributed by atoms with Gasteiger partial charge in [0.2, 0.25) is 0 Å². The van der Waals surface area contributed by atoms with Crippen molar-refractivity contribution in [1.29, 1.82) is 0 Å². The minimum absolute atomic E-state index is 0.710. The summed E-state index contributed by atoms with van der Waals surface area (Å²) in [5.41, 5.74) is 2.54. The number of piperidine rings is 1. The van der Waals surface area contributed by atoms with E-state index in [-0.39, 0.29) is 0 Å². The van der Waals surface area contributed by atoms with E-state index in [1.165, 1.54) is 24.0 Å². The predicted octanol–water partition coefficient (Wildman–Crippen LogP) is 4.49. The lowest BCUT2D eigenvalue weighted by Crippen LogP contribution is -2.36. The fourth-order valence-corrected chi connectivity index (χ4v) is 3.88. The largest absolute Gasteiger partial charge is 0.494 e. The highest BCUT2D eigenvalue weighted by atomic mass is 16.5. The summed E-state index contributed by atoms with van der Waals surface area (Å²) in [7, 11) is 0. The van der Waals surface area contributed by atoms with Gasteiger partial charge in [-0.25, -0.2) is 0 Å². The van der Waals surface area contributed by atoms with E-state index in [0.717, 1.165) is 56.7 Å². The lowest BCUT2D eigenvalue weighted by molar-refractivity contribution is 0.173. The molecule has 4 heteroatoms. The molecule has 1 fully saturated rings. The average Bonchev–Trinajstić information content (AvgIpc) is 2.72. The maximum atomic E-state index is 5.77. The van der Waals surface area contributed by atoms with Crippen molar-refractivity contribution < 1.29 is 9.47 Å². The van der Waals surface area contributed by atoms with Crippen LogP contribution in [0.5, 0.6) is 11.5 Å². The summed E-state index contributed by atoms with van der Waals surface area (Å²) in [6.45, 7) is 10.7. The van der Waals surface area contributed by atoms with Gasteiger partial charge in [-0.15, -0.1) is 0 Å². The molecule has 0 unspecified atom stereocenters. The summed E-state index contributed by atoms with van der Waals surface area (Å²) >= 11 is 0. The Kier molecular flexibility index (Phi) is 8.19. The normalized spacial score (nSPS) is 15.5. The van der Waals surface area contributed by atoms with Gasteiger partial charge >= 0.3 is 0 Å². The number of nitrogens with one attached hydrogen (secondary N) is 1. The van der Waals surface area contributed by atoms with Gasteiger partial charge in [0.1, 0.15) is 11.5 Å². The molecule has 3 rings (SSSR count). The molecule has 1 aliphatic rings. The van der Waals surface area contributed by atoms with Crippen LogP contribution in [0.25, 0.3) is 0 Å². The highest BCUT2D eigenvalue weighted by molar-refractivity contribution is 5.34. The first-order chi connectivity index (χ1) is 13.8. The molecule has 28 heavy (non-hydrogen) atoms. The van der Waals surface area contributed by atoms with Crippen LogP contribution >= 0.6 is 0 Å². The molecule has 1 N–H and O–H groups in total. The second kappa shape index (κ2) is 11.1. The smallest absolute Gasteiger partial charge is 0.123 e. The molecule has 0 saturated carbocycles. The van der Waals surface area contributed by atoms with E-state index < -0.39 is 0 Å². The Balaban J connectivity index is 1.41. The minimum Gasteiger partial charge on any atom is -0.494 e. The summed E-state index contributed by atoms with van der Waals surface area (Å²) < 4.78 is 11.5. The zero-order valence-corrected chi connectivity index (χ0v) is 17.3. The fourth-order valence-electron chi connectivity index (χ4n) is 3.88. The number of hydrogen-bond acceptors (Lipinski definition) is 4. The molecule has 2 aromatic carbocycles. The molecule has 0 amide bonds. The molecular formula is C24H34N2O2. The van der Waals surface area contributed by atoms with Gasteiger partial charge in [0.05, 0.1) is 13.2 Å². The average molecular weight is 383 g/mol. The molecule has 1 heterocycles. The Morgan fingerprint density at radius 1 is 0.857 bits per heavy atom. The van der Waals surface area contributed by atoms with Gasteiger partial charge in [0.25, 0.3) is 0 Å². The van der Waals surface area contributed by atoms with Gasteiger partial charge < -0.3 is 14.8 Å². The molecule has 0 bridgehead atoms. The van der Waals surface area contributed by atoms with Crippen LogP contribution in [0.2, 0.25) is 0 Å². The van der Waals surface area contributed by atoms with E-state index in [9.17, 15) is 0 Å². The van der Waals surface area contributed by atoms with Gasteiger partial charge in [-0.1, -0.05) is 36.4 Å². The highest BCUT2D eigenvalue weighted by Crippen LogP contribution is 2.24. The topological polar surface area (TPSA) is 33.7 Å². The van der Waals surface area contributed by atoms with Crippen molar-refractivity contribution in [3.8, 4) is 11.5 Å². The van der Waals surface area contributed by atoms with Gasteiger partial charge in [0.15, 0.2) is 0 Å². The summed E-state index contributed by atoms with van der Waals surface area (Å²) in [4.78, 5) is 2.55. The number of benzene rings is 2. The van der Waals surface area contributed by atoms with Crippen LogP contribution in [-0.2, 0) is 13.1 Å². The van der Waals surface area contributed by atoms with Crippen molar-refractivity contribution in [3.05, 3.63) is 59.7 Å². The van der Waals surface area contributed by atoms with Crippen LogP contribution in [-0.4, -0.2) is 37.7 Å². The zero-order valence-electron chi connectivity index (χ0n) is 17.3. The van der Waals surface area contributed by atoms with E-state index in [1.54, 1.807) is 0 Å². The van der Waals surface area contributed by atoms with Crippen LogP contribution < -0.4 is 14.8 Å². The number of nitrogens with zero attached hydrogens (tertiary/aromatic N) is 1. The Bertz CT molecular complexity index is 711. The Hall–Kier alpha value is -2.04. The highest BCUT2D eigenvalue weighted by Gasteiger charge is 2.20. The Labute approximate surface area is 169 Å². The standard InChI is InChI=1S/C24H34N2O2/c1-3-27-23-11-7-5-9-21(23)18-25-17-20-13-15-26(16-14-20)19-22-10-6-8-12-24(22)28-4-2/h5-12,20,25H,3-4,13-19H2,1-2H3. The van der Waals surface area contributed by atoms with Crippen molar-refractivity contribution in [2.75, 3.05) is 32.8 Å². The van der Waals surface area contributed by atoms with E-state index in [2.05, 4.69) is 52.7 Å². The summed E-state index contributed by atoms with van der Waals surface area (Å²) in [5.74, 6) is 2.78. The number of rotatable bonds is 10. The molecule has 2 aromatic rings. The van der Waals surface area contributed by atoms with Crippen molar-refractivity contribution in [3.63, 3.8) is 0 Å². The third-order valence-corrected chi connectivity index (χ3v) is 5.39. The van der Waals surface area contributed by atoms with Crippen LogP contribution in [0.15, 0.2) is 48.5 Å². The summed E-state index contributed by atoms with van der Waals surface area (Å²) in [6.07, 6.45) is 2.49. The molecule has 152 valence electrons. The maximum absolute atomic E-state index is 5.77. The lowest BCUT2D eigenvalue weighted by atomic mass is 9.96. The maximum Gasteiger partial charge on any atom is 0.123 e.